The second-order valence-corrected chi connectivity index (χ2v) is 21.0. The van der Waals surface area contributed by atoms with E-state index in [9.17, 15) is 50.0 Å². The van der Waals surface area contributed by atoms with Gasteiger partial charge in [0.2, 0.25) is 5.91 Å². The molecule has 1 saturated carbocycles. The zero-order valence-electron chi connectivity index (χ0n) is 41.9. The molecule has 0 aliphatic heterocycles. The minimum absolute atomic E-state index is 0.239. The third kappa shape index (κ3) is 32.8. The molecule has 8 unspecified atom stereocenters. The van der Waals surface area contributed by atoms with Crippen LogP contribution in [0.15, 0.2) is 12.2 Å². The number of hydrogen-bond donors (Lipinski definition) is 9. The predicted molar refractivity (Wildman–Crippen MR) is 266 cm³/mol. The molecule has 0 saturated heterocycles. The van der Waals surface area contributed by atoms with E-state index in [0.717, 1.165) is 44.9 Å². The van der Waals surface area contributed by atoms with Gasteiger partial charge in [0.05, 0.1) is 31.3 Å². The van der Waals surface area contributed by atoms with Gasteiger partial charge in [-0.15, -0.1) is 0 Å². The standard InChI is InChI=1S/C52H102NO12P/c1-3-5-7-9-11-13-15-17-19-20-21-22-23-24-26-28-30-32-34-36-38-40-45(55)44(42-64-66(62,63)65-52-50(60)48(58)47(57)49(59)51(52)61)53-46(56)41-43(54)39-37-35-33-31-29-27-25-18-16-14-12-10-8-6-4-2/h38,40,43-45,47-52,54-55,57-61H,3-37,39,41-42H2,1-2H3,(H,53,56)(H,62,63)/b40-38+. The van der Waals surface area contributed by atoms with Gasteiger partial charge in [0.1, 0.15) is 36.6 Å². The van der Waals surface area contributed by atoms with Gasteiger partial charge in [-0.25, -0.2) is 4.57 Å². The summed E-state index contributed by atoms with van der Waals surface area (Å²) in [4.78, 5) is 23.5. The SMILES string of the molecule is CCCCCCCCCCCCCCCCCCCCC/C=C/C(O)C(COP(=O)(O)OC1C(O)C(O)C(O)C(O)C1O)NC(=O)CC(O)CCCCCCCCCCCCCCCCC. The molecule has 0 bridgehead atoms. The van der Waals surface area contributed by atoms with Crippen molar-refractivity contribution in [2.45, 2.75) is 306 Å². The number of hydrogen-bond acceptors (Lipinski definition) is 11. The third-order valence-electron chi connectivity index (χ3n) is 13.4. The molecule has 13 nitrogen and oxygen atoms in total. The van der Waals surface area contributed by atoms with Gasteiger partial charge in [0.15, 0.2) is 0 Å². The van der Waals surface area contributed by atoms with Gasteiger partial charge in [-0.1, -0.05) is 238 Å². The van der Waals surface area contributed by atoms with Crippen LogP contribution in [-0.4, -0.2) is 108 Å². The Morgan fingerprint density at radius 3 is 1.24 bits per heavy atom. The minimum Gasteiger partial charge on any atom is -0.393 e. The lowest BCUT2D eigenvalue weighted by Crippen LogP contribution is -2.64. The Hall–Kier alpha value is -0.960. The van der Waals surface area contributed by atoms with E-state index < -0.39 is 75.2 Å². The lowest BCUT2D eigenvalue weighted by atomic mass is 9.85. The second kappa shape index (κ2) is 41.8. The summed E-state index contributed by atoms with van der Waals surface area (Å²) in [7, 11) is -5.14. The first-order chi connectivity index (χ1) is 31.8. The largest absolute Gasteiger partial charge is 0.472 e. The maximum atomic E-state index is 13.1. The predicted octanol–water partition coefficient (Wildman–Crippen LogP) is 10.5. The maximum Gasteiger partial charge on any atom is 0.472 e. The summed E-state index contributed by atoms with van der Waals surface area (Å²) in [5.41, 5.74) is 0. The number of aliphatic hydroxyl groups is 7. The highest BCUT2D eigenvalue weighted by molar-refractivity contribution is 7.47. The number of rotatable bonds is 46. The molecule has 8 atom stereocenters. The highest BCUT2D eigenvalue weighted by atomic mass is 31.2. The molecule has 66 heavy (non-hydrogen) atoms. The number of carbonyl (C=O) groups is 1. The lowest BCUT2D eigenvalue weighted by Gasteiger charge is -2.41. The molecule has 0 aromatic rings. The number of amides is 1. The number of allylic oxidation sites excluding steroid dienone is 1. The fraction of sp³-hybridized carbons (Fsp3) is 0.942. The summed E-state index contributed by atoms with van der Waals surface area (Å²) in [6, 6.07) is -1.24. The Kier molecular flexibility index (Phi) is 39.9. The van der Waals surface area contributed by atoms with Gasteiger partial charge in [-0.05, 0) is 19.3 Å². The Bertz CT molecular complexity index is 1180. The number of aliphatic hydroxyl groups excluding tert-OH is 7. The first-order valence-corrected chi connectivity index (χ1v) is 28.7. The maximum absolute atomic E-state index is 13.1. The van der Waals surface area contributed by atoms with Crippen molar-refractivity contribution >= 4 is 13.7 Å². The van der Waals surface area contributed by atoms with Crippen LogP contribution in [0.25, 0.3) is 0 Å². The van der Waals surface area contributed by atoms with E-state index in [-0.39, 0.29) is 6.42 Å². The molecule has 9 N–H and O–H groups in total. The van der Waals surface area contributed by atoms with Crippen LogP contribution in [0.1, 0.15) is 251 Å². The van der Waals surface area contributed by atoms with Crippen LogP contribution in [0.2, 0.25) is 0 Å². The second-order valence-electron chi connectivity index (χ2n) is 19.6. The van der Waals surface area contributed by atoms with E-state index in [1.165, 1.54) is 179 Å². The molecule has 0 heterocycles. The Morgan fingerprint density at radius 2 is 0.864 bits per heavy atom. The van der Waals surface area contributed by atoms with Crippen LogP contribution in [0, 0.1) is 0 Å². The first kappa shape index (κ1) is 63.1. The van der Waals surface area contributed by atoms with Crippen molar-refractivity contribution in [1.82, 2.24) is 5.32 Å². The van der Waals surface area contributed by atoms with Gasteiger partial charge in [-0.2, -0.15) is 0 Å². The smallest absolute Gasteiger partial charge is 0.393 e. The molecule has 0 radical (unpaired) electrons. The molecule has 1 fully saturated rings. The lowest BCUT2D eigenvalue weighted by molar-refractivity contribution is -0.220. The fourth-order valence-corrected chi connectivity index (χ4v) is 9.92. The van der Waals surface area contributed by atoms with E-state index in [4.69, 9.17) is 9.05 Å². The van der Waals surface area contributed by atoms with E-state index >= 15 is 0 Å². The summed E-state index contributed by atoms with van der Waals surface area (Å²) in [6.07, 6.45) is 32.9. The number of phosphoric acid groups is 1. The molecule has 0 aromatic carbocycles. The zero-order chi connectivity index (χ0) is 48.7. The number of carbonyl (C=O) groups excluding carboxylic acids is 1. The number of phosphoric ester groups is 1. The van der Waals surface area contributed by atoms with Crippen molar-refractivity contribution in [3.63, 3.8) is 0 Å². The summed E-state index contributed by atoms with van der Waals surface area (Å²) < 4.78 is 23.0. The van der Waals surface area contributed by atoms with Gasteiger partial charge < -0.3 is 46.0 Å². The van der Waals surface area contributed by atoms with Crippen molar-refractivity contribution in [2.75, 3.05) is 6.61 Å². The monoisotopic (exact) mass is 964 g/mol. The summed E-state index contributed by atoms with van der Waals surface area (Å²) in [5.74, 6) is -0.588. The van der Waals surface area contributed by atoms with Crippen LogP contribution in [0.5, 0.6) is 0 Å². The van der Waals surface area contributed by atoms with Gasteiger partial charge in [-0.3, -0.25) is 13.8 Å². The molecule has 0 spiro atoms. The van der Waals surface area contributed by atoms with Crippen LogP contribution >= 0.6 is 7.82 Å². The van der Waals surface area contributed by atoms with Crippen LogP contribution in [-0.2, 0) is 18.4 Å². The average Bonchev–Trinajstić information content (AvgIpc) is 3.29. The van der Waals surface area contributed by atoms with E-state index in [1.54, 1.807) is 6.08 Å². The number of unbranched alkanes of at least 4 members (excludes halogenated alkanes) is 33. The number of nitrogens with one attached hydrogen (secondary N) is 1. The van der Waals surface area contributed by atoms with Crippen LogP contribution in [0.3, 0.4) is 0 Å². The van der Waals surface area contributed by atoms with Crippen molar-refractivity contribution in [2.24, 2.45) is 0 Å². The Labute approximate surface area is 401 Å². The molecule has 14 heteroatoms. The third-order valence-corrected chi connectivity index (χ3v) is 14.4. The van der Waals surface area contributed by atoms with Gasteiger partial charge in [0.25, 0.3) is 0 Å². The van der Waals surface area contributed by atoms with Crippen molar-refractivity contribution < 1.29 is 59.0 Å². The van der Waals surface area contributed by atoms with Gasteiger partial charge in [0, 0.05) is 0 Å². The molecule has 1 rings (SSSR count). The van der Waals surface area contributed by atoms with Crippen molar-refractivity contribution in [1.29, 1.82) is 0 Å². The van der Waals surface area contributed by atoms with Crippen molar-refractivity contribution in [3.05, 3.63) is 12.2 Å². The van der Waals surface area contributed by atoms with Crippen LogP contribution < -0.4 is 5.32 Å². The highest BCUT2D eigenvalue weighted by Crippen LogP contribution is 2.47. The first-order valence-electron chi connectivity index (χ1n) is 27.2. The summed E-state index contributed by atoms with van der Waals surface area (Å²) in [5, 5.41) is 74.7. The molecule has 0 aromatic heterocycles. The zero-order valence-corrected chi connectivity index (χ0v) is 42.8. The molecule has 1 aliphatic carbocycles. The summed E-state index contributed by atoms with van der Waals surface area (Å²) >= 11 is 0. The molecule has 1 amide bonds. The molecular formula is C52H102NO12P. The minimum atomic E-state index is -5.14. The fourth-order valence-electron chi connectivity index (χ4n) is 8.95. The normalized spacial score (nSPS) is 22.4. The van der Waals surface area contributed by atoms with E-state index in [0.29, 0.717) is 12.8 Å². The molecule has 392 valence electrons. The van der Waals surface area contributed by atoms with Crippen molar-refractivity contribution in [3.8, 4) is 0 Å². The Balaban J connectivity index is 2.45. The highest BCUT2D eigenvalue weighted by Gasteiger charge is 2.51. The van der Waals surface area contributed by atoms with E-state index in [1.807, 2.05) is 0 Å². The molecular weight excluding hydrogens is 862 g/mol. The topological polar surface area (TPSA) is 226 Å². The Morgan fingerprint density at radius 1 is 0.530 bits per heavy atom. The summed E-state index contributed by atoms with van der Waals surface area (Å²) in [6.45, 7) is 3.78. The quantitative estimate of drug-likeness (QED) is 0.0158. The van der Waals surface area contributed by atoms with Crippen LogP contribution in [0.4, 0.5) is 0 Å². The van der Waals surface area contributed by atoms with E-state index in [2.05, 4.69) is 19.2 Å². The molecule has 1 aliphatic rings. The average molecular weight is 964 g/mol. The van der Waals surface area contributed by atoms with Gasteiger partial charge >= 0.3 is 7.82 Å².